The number of ether oxygens (including phenoxy) is 1. The highest BCUT2D eigenvalue weighted by molar-refractivity contribution is 7.99. The average Bonchev–Trinajstić information content (AvgIpc) is 2.39. The molecular formula is C9H11N5O2S. The van der Waals surface area contributed by atoms with Crippen LogP contribution in [0.15, 0.2) is 16.5 Å². The van der Waals surface area contributed by atoms with Gasteiger partial charge in [-0.05, 0) is 10.6 Å². The second-order valence-corrected chi connectivity index (χ2v) is 4.32. The molecule has 1 aliphatic heterocycles. The van der Waals surface area contributed by atoms with Crippen molar-refractivity contribution in [2.24, 2.45) is 5.11 Å². The smallest absolute Gasteiger partial charge is 0.350 e. The Balaban J connectivity index is 3.12. The van der Waals surface area contributed by atoms with Crippen molar-refractivity contribution in [2.75, 3.05) is 31.7 Å². The van der Waals surface area contributed by atoms with E-state index >= 15 is 0 Å². The monoisotopic (exact) mass is 253 g/mol. The van der Waals surface area contributed by atoms with Crippen LogP contribution in [0.25, 0.3) is 10.4 Å². The van der Waals surface area contributed by atoms with E-state index in [2.05, 4.69) is 14.8 Å². The zero-order valence-corrected chi connectivity index (χ0v) is 10.1. The van der Waals surface area contributed by atoms with Crippen LogP contribution in [-0.2, 0) is 9.53 Å². The number of nitrogens with zero attached hydrogens (tertiary/aromatic N) is 5. The molecule has 17 heavy (non-hydrogen) atoms. The van der Waals surface area contributed by atoms with E-state index in [0.29, 0.717) is 13.1 Å². The topological polar surface area (TPSA) is 102 Å². The van der Waals surface area contributed by atoms with Gasteiger partial charge >= 0.3 is 5.97 Å². The Labute approximate surface area is 103 Å². The largest absolute Gasteiger partial charge is 0.465 e. The molecule has 1 rings (SSSR count). The highest BCUT2D eigenvalue weighted by Gasteiger charge is 2.21. The summed E-state index contributed by atoms with van der Waals surface area (Å²) in [6.45, 7) is 1.28. The zero-order chi connectivity index (χ0) is 12.7. The first-order valence-electron chi connectivity index (χ1n) is 4.85. The number of hydrogen-bond donors (Lipinski definition) is 0. The number of hydrogen-bond acceptors (Lipinski definition) is 6. The van der Waals surface area contributed by atoms with Gasteiger partial charge < -0.3 is 9.64 Å². The number of carbonyl (C=O) groups is 1. The van der Waals surface area contributed by atoms with Crippen LogP contribution < -0.4 is 0 Å². The van der Waals surface area contributed by atoms with E-state index in [1.54, 1.807) is 22.7 Å². The Bertz CT molecular complexity index is 416. The predicted molar refractivity (Wildman–Crippen MR) is 62.7 cm³/mol. The third-order valence-electron chi connectivity index (χ3n) is 2.17. The van der Waals surface area contributed by atoms with Crippen LogP contribution in [-0.4, -0.2) is 42.6 Å². The Morgan fingerprint density at radius 1 is 1.59 bits per heavy atom. The fraction of sp³-hybridized carbons (Fsp3) is 0.556. The molecule has 1 heterocycles. The van der Waals surface area contributed by atoms with Crippen molar-refractivity contribution in [1.82, 2.24) is 4.90 Å². The standard InChI is InChI=1S/C9H11N5O2S/c1-16-9(15)7(6-10)8(12-13-11)14-2-4-17-5-3-14/h2-5H2,1H3/b8-7+. The quantitative estimate of drug-likeness (QED) is 0.188. The molecule has 1 saturated heterocycles. The van der Waals surface area contributed by atoms with E-state index in [4.69, 9.17) is 10.8 Å². The van der Waals surface area contributed by atoms with Crippen LogP contribution in [0.2, 0.25) is 0 Å². The summed E-state index contributed by atoms with van der Waals surface area (Å²) in [6, 6.07) is 1.73. The summed E-state index contributed by atoms with van der Waals surface area (Å²) in [6.07, 6.45) is 0. The van der Waals surface area contributed by atoms with Gasteiger partial charge in [0.05, 0.1) is 7.11 Å². The Morgan fingerprint density at radius 3 is 2.71 bits per heavy atom. The number of nitriles is 1. The van der Waals surface area contributed by atoms with Crippen LogP contribution in [0.5, 0.6) is 0 Å². The number of rotatable bonds is 3. The van der Waals surface area contributed by atoms with Gasteiger partial charge in [-0.1, -0.05) is 0 Å². The van der Waals surface area contributed by atoms with Crippen molar-refractivity contribution >= 4 is 17.7 Å². The summed E-state index contributed by atoms with van der Waals surface area (Å²) < 4.78 is 4.49. The van der Waals surface area contributed by atoms with Crippen molar-refractivity contribution in [1.29, 1.82) is 5.26 Å². The SMILES string of the molecule is COC(=O)/C(C#N)=C(\N=[N+]=[N-])N1CCSCC1. The lowest BCUT2D eigenvalue weighted by Gasteiger charge is -2.28. The first kappa shape index (κ1) is 13.2. The molecule has 0 radical (unpaired) electrons. The zero-order valence-electron chi connectivity index (χ0n) is 9.29. The minimum atomic E-state index is -0.784. The fourth-order valence-corrected chi connectivity index (χ4v) is 2.28. The molecule has 1 aliphatic rings. The molecule has 8 heteroatoms. The lowest BCUT2D eigenvalue weighted by atomic mass is 10.2. The predicted octanol–water partition coefficient (Wildman–Crippen LogP) is 1.25. The molecule has 0 saturated carbocycles. The normalized spacial score (nSPS) is 16.4. The van der Waals surface area contributed by atoms with Crippen LogP contribution in [0.3, 0.4) is 0 Å². The lowest BCUT2D eigenvalue weighted by molar-refractivity contribution is -0.135. The van der Waals surface area contributed by atoms with Crippen molar-refractivity contribution in [3.8, 4) is 6.07 Å². The van der Waals surface area contributed by atoms with Gasteiger partial charge in [0.2, 0.25) is 0 Å². The molecule has 0 bridgehead atoms. The van der Waals surface area contributed by atoms with Crippen molar-refractivity contribution in [2.45, 2.75) is 0 Å². The maximum Gasteiger partial charge on any atom is 0.350 e. The maximum absolute atomic E-state index is 11.4. The van der Waals surface area contributed by atoms with E-state index in [1.807, 2.05) is 0 Å². The van der Waals surface area contributed by atoms with Gasteiger partial charge in [0.1, 0.15) is 11.9 Å². The first-order valence-corrected chi connectivity index (χ1v) is 6.00. The van der Waals surface area contributed by atoms with Gasteiger partial charge in [0, 0.05) is 29.5 Å². The van der Waals surface area contributed by atoms with Gasteiger partial charge in [-0.2, -0.15) is 17.0 Å². The second kappa shape index (κ2) is 6.68. The van der Waals surface area contributed by atoms with Crippen LogP contribution >= 0.6 is 11.8 Å². The number of thioether (sulfide) groups is 1. The molecule has 0 N–H and O–H groups in total. The van der Waals surface area contributed by atoms with Crippen molar-refractivity contribution < 1.29 is 9.53 Å². The van der Waals surface area contributed by atoms with Crippen LogP contribution in [0.4, 0.5) is 0 Å². The van der Waals surface area contributed by atoms with Gasteiger partial charge in [-0.3, -0.25) is 0 Å². The average molecular weight is 253 g/mol. The summed E-state index contributed by atoms with van der Waals surface area (Å²) in [5, 5.41) is 12.4. The highest BCUT2D eigenvalue weighted by Crippen LogP contribution is 2.19. The van der Waals surface area contributed by atoms with E-state index in [-0.39, 0.29) is 11.4 Å². The summed E-state index contributed by atoms with van der Waals surface area (Å²) in [4.78, 5) is 15.8. The minimum Gasteiger partial charge on any atom is -0.465 e. The van der Waals surface area contributed by atoms with Crippen LogP contribution in [0, 0.1) is 11.3 Å². The lowest BCUT2D eigenvalue weighted by Crippen LogP contribution is -2.32. The number of azide groups is 1. The molecule has 7 nitrogen and oxygen atoms in total. The van der Waals surface area contributed by atoms with Crippen molar-refractivity contribution in [3.05, 3.63) is 21.8 Å². The van der Waals surface area contributed by atoms with E-state index < -0.39 is 5.97 Å². The number of esters is 1. The van der Waals surface area contributed by atoms with Gasteiger partial charge in [-0.25, -0.2) is 4.79 Å². The summed E-state index contributed by atoms with van der Waals surface area (Å²) in [7, 11) is 1.18. The van der Waals surface area contributed by atoms with Gasteiger partial charge in [-0.15, -0.1) is 0 Å². The molecule has 0 aliphatic carbocycles. The number of methoxy groups -OCH3 is 1. The molecule has 90 valence electrons. The van der Waals surface area contributed by atoms with Gasteiger partial charge in [0.15, 0.2) is 5.57 Å². The fourth-order valence-electron chi connectivity index (χ4n) is 1.38. The molecule has 0 spiro atoms. The molecule has 1 fully saturated rings. The Hall–Kier alpha value is -1.84. The summed E-state index contributed by atoms with van der Waals surface area (Å²) in [5.41, 5.74) is 8.24. The second-order valence-electron chi connectivity index (χ2n) is 3.09. The minimum absolute atomic E-state index is 0.0575. The maximum atomic E-state index is 11.4. The van der Waals surface area contributed by atoms with E-state index in [1.165, 1.54) is 7.11 Å². The Kier molecular flexibility index (Phi) is 5.20. The number of carbonyl (C=O) groups excluding carboxylic acids is 1. The van der Waals surface area contributed by atoms with E-state index in [0.717, 1.165) is 11.5 Å². The molecule has 0 amide bonds. The molecule has 0 atom stereocenters. The van der Waals surface area contributed by atoms with Gasteiger partial charge in [0.25, 0.3) is 0 Å². The molecule has 0 aromatic heterocycles. The molecular weight excluding hydrogens is 242 g/mol. The highest BCUT2D eigenvalue weighted by atomic mass is 32.2. The molecule has 0 aromatic carbocycles. The van der Waals surface area contributed by atoms with Crippen molar-refractivity contribution in [3.63, 3.8) is 0 Å². The third kappa shape index (κ3) is 3.31. The third-order valence-corrected chi connectivity index (χ3v) is 3.12. The molecule has 0 aromatic rings. The Morgan fingerprint density at radius 2 is 2.24 bits per heavy atom. The first-order chi connectivity index (χ1) is 8.24. The summed E-state index contributed by atoms with van der Waals surface area (Å²) >= 11 is 1.77. The van der Waals surface area contributed by atoms with E-state index in [9.17, 15) is 4.79 Å². The summed E-state index contributed by atoms with van der Waals surface area (Å²) in [5.74, 6) is 1.00. The van der Waals surface area contributed by atoms with Crippen LogP contribution in [0.1, 0.15) is 0 Å². The molecule has 0 unspecified atom stereocenters.